The zero-order valence-electron chi connectivity index (χ0n) is 15.8. The third-order valence-electron chi connectivity index (χ3n) is 4.74. The van der Waals surface area contributed by atoms with E-state index in [-0.39, 0.29) is 5.91 Å². The van der Waals surface area contributed by atoms with Crippen LogP contribution in [-0.4, -0.2) is 24.0 Å². The van der Waals surface area contributed by atoms with Gasteiger partial charge in [0, 0.05) is 35.8 Å². The van der Waals surface area contributed by atoms with Gasteiger partial charge in [-0.2, -0.15) is 0 Å². The quantitative estimate of drug-likeness (QED) is 0.647. The Morgan fingerprint density at radius 1 is 1.07 bits per heavy atom. The molecule has 1 aromatic heterocycles. The predicted octanol–water partition coefficient (Wildman–Crippen LogP) is 4.26. The molecule has 28 heavy (non-hydrogen) atoms. The van der Waals surface area contributed by atoms with Crippen molar-refractivity contribution in [1.29, 1.82) is 0 Å². The Bertz CT molecular complexity index is 973. The molecule has 0 atom stereocenters. The molecule has 0 radical (unpaired) electrons. The number of pyridine rings is 1. The summed E-state index contributed by atoms with van der Waals surface area (Å²) in [6.07, 6.45) is 4.38. The monoisotopic (exact) mass is 374 g/mol. The molecule has 0 fully saturated rings. The van der Waals surface area contributed by atoms with Crippen LogP contribution in [0.3, 0.4) is 0 Å². The highest BCUT2D eigenvalue weighted by Crippen LogP contribution is 2.33. The molecule has 1 amide bonds. The lowest BCUT2D eigenvalue weighted by molar-refractivity contribution is 0.0989. The van der Waals surface area contributed by atoms with Crippen molar-refractivity contribution in [2.24, 2.45) is 0 Å². The van der Waals surface area contributed by atoms with Gasteiger partial charge in [-0.1, -0.05) is 24.3 Å². The fraction of sp³-hybridized carbons (Fsp3) is 0.217. The minimum atomic E-state index is -0.0234. The molecular weight excluding hydrogens is 352 g/mol. The standard InChI is InChI=1S/C23H22N2O3/c1-2-27-22-14-19(9-10-21(22)28-16-17-6-5-12-24-15-17)23(26)25-13-11-18-7-3-4-8-20(18)25/h3-10,12,14-15H,2,11,13,16H2,1H3. The van der Waals surface area contributed by atoms with Crippen LogP contribution in [0.4, 0.5) is 5.69 Å². The number of anilines is 1. The third-order valence-corrected chi connectivity index (χ3v) is 4.74. The number of rotatable bonds is 6. The van der Waals surface area contributed by atoms with E-state index in [0.717, 1.165) is 17.7 Å². The highest BCUT2D eigenvalue weighted by atomic mass is 16.5. The molecule has 0 N–H and O–H groups in total. The number of hydrogen-bond donors (Lipinski definition) is 0. The molecule has 0 aliphatic carbocycles. The SMILES string of the molecule is CCOc1cc(C(=O)N2CCc3ccccc32)ccc1OCc1cccnc1. The van der Waals surface area contributed by atoms with Gasteiger partial charge < -0.3 is 14.4 Å². The second-order valence-electron chi connectivity index (χ2n) is 6.58. The van der Waals surface area contributed by atoms with Gasteiger partial charge >= 0.3 is 0 Å². The van der Waals surface area contributed by atoms with Gasteiger partial charge in [0.25, 0.3) is 5.91 Å². The van der Waals surface area contributed by atoms with Gasteiger partial charge in [0.15, 0.2) is 11.5 Å². The number of aromatic nitrogens is 1. The first-order chi connectivity index (χ1) is 13.8. The second-order valence-corrected chi connectivity index (χ2v) is 6.58. The Hall–Kier alpha value is -3.34. The van der Waals surface area contributed by atoms with E-state index in [1.165, 1.54) is 5.56 Å². The van der Waals surface area contributed by atoms with Crippen LogP contribution in [-0.2, 0) is 13.0 Å². The smallest absolute Gasteiger partial charge is 0.258 e. The molecule has 1 aliphatic rings. The Morgan fingerprint density at radius 2 is 1.96 bits per heavy atom. The van der Waals surface area contributed by atoms with Crippen molar-refractivity contribution in [3.63, 3.8) is 0 Å². The van der Waals surface area contributed by atoms with Crippen molar-refractivity contribution in [1.82, 2.24) is 4.98 Å². The molecule has 1 aliphatic heterocycles. The molecular formula is C23H22N2O3. The van der Waals surface area contributed by atoms with Crippen molar-refractivity contribution in [2.75, 3.05) is 18.1 Å². The zero-order valence-corrected chi connectivity index (χ0v) is 15.8. The summed E-state index contributed by atoms with van der Waals surface area (Å²) in [5.74, 6) is 1.17. The molecule has 0 saturated carbocycles. The fourth-order valence-electron chi connectivity index (χ4n) is 3.38. The zero-order chi connectivity index (χ0) is 19.3. The Kier molecular flexibility index (Phi) is 5.24. The normalized spacial score (nSPS) is 12.5. The number of hydrogen-bond acceptors (Lipinski definition) is 4. The van der Waals surface area contributed by atoms with E-state index in [2.05, 4.69) is 11.1 Å². The number of carbonyl (C=O) groups is 1. The highest BCUT2D eigenvalue weighted by Gasteiger charge is 2.25. The van der Waals surface area contributed by atoms with Crippen LogP contribution in [0.1, 0.15) is 28.4 Å². The minimum absolute atomic E-state index is 0.0234. The molecule has 2 aromatic carbocycles. The molecule has 3 aromatic rings. The van der Waals surface area contributed by atoms with E-state index >= 15 is 0 Å². The first-order valence-corrected chi connectivity index (χ1v) is 9.44. The van der Waals surface area contributed by atoms with E-state index in [0.29, 0.717) is 36.8 Å². The lowest BCUT2D eigenvalue weighted by atomic mass is 10.1. The number of nitrogens with zero attached hydrogens (tertiary/aromatic N) is 2. The van der Waals surface area contributed by atoms with Gasteiger partial charge in [-0.15, -0.1) is 0 Å². The lowest BCUT2D eigenvalue weighted by Crippen LogP contribution is -2.28. The van der Waals surface area contributed by atoms with Gasteiger partial charge in [-0.25, -0.2) is 0 Å². The number of fused-ring (bicyclic) bond motifs is 1. The highest BCUT2D eigenvalue weighted by molar-refractivity contribution is 6.07. The van der Waals surface area contributed by atoms with Gasteiger partial charge in [0.05, 0.1) is 6.61 Å². The summed E-state index contributed by atoms with van der Waals surface area (Å²) in [5, 5.41) is 0. The van der Waals surface area contributed by atoms with Crippen molar-refractivity contribution >= 4 is 11.6 Å². The number of benzene rings is 2. The molecule has 0 bridgehead atoms. The van der Waals surface area contributed by atoms with E-state index in [1.54, 1.807) is 30.6 Å². The number of carbonyl (C=O) groups excluding carboxylic acids is 1. The van der Waals surface area contributed by atoms with Crippen molar-refractivity contribution in [3.8, 4) is 11.5 Å². The van der Waals surface area contributed by atoms with Gasteiger partial charge in [0.1, 0.15) is 6.61 Å². The summed E-state index contributed by atoms with van der Waals surface area (Å²) < 4.78 is 11.6. The van der Waals surface area contributed by atoms with Gasteiger partial charge in [0.2, 0.25) is 0 Å². The van der Waals surface area contributed by atoms with Gasteiger partial charge in [-0.3, -0.25) is 9.78 Å². The topological polar surface area (TPSA) is 51.7 Å². The van der Waals surface area contributed by atoms with E-state index in [9.17, 15) is 4.79 Å². The van der Waals surface area contributed by atoms with Crippen molar-refractivity contribution in [2.45, 2.75) is 20.0 Å². The van der Waals surface area contributed by atoms with Crippen LogP contribution in [0.25, 0.3) is 0 Å². The van der Waals surface area contributed by atoms with Crippen molar-refractivity contribution in [3.05, 3.63) is 83.7 Å². The number of ether oxygens (including phenoxy) is 2. The maximum Gasteiger partial charge on any atom is 0.258 e. The molecule has 0 unspecified atom stereocenters. The van der Waals surface area contributed by atoms with Crippen LogP contribution in [0.5, 0.6) is 11.5 Å². The number of amides is 1. The molecule has 142 valence electrons. The minimum Gasteiger partial charge on any atom is -0.490 e. The summed E-state index contributed by atoms with van der Waals surface area (Å²) in [7, 11) is 0. The number of para-hydroxylation sites is 1. The Labute approximate surface area is 164 Å². The van der Waals surface area contributed by atoms with Crippen LogP contribution >= 0.6 is 0 Å². The summed E-state index contributed by atoms with van der Waals surface area (Å²) in [6, 6.07) is 17.2. The summed E-state index contributed by atoms with van der Waals surface area (Å²) in [4.78, 5) is 19.0. The maximum absolute atomic E-state index is 13.1. The molecule has 0 saturated heterocycles. The van der Waals surface area contributed by atoms with Crippen LogP contribution < -0.4 is 14.4 Å². The lowest BCUT2D eigenvalue weighted by Gasteiger charge is -2.19. The van der Waals surface area contributed by atoms with Crippen LogP contribution in [0.15, 0.2) is 67.0 Å². The average Bonchev–Trinajstić information content (AvgIpc) is 3.17. The van der Waals surface area contributed by atoms with Gasteiger partial charge in [-0.05, 0) is 49.2 Å². The molecule has 5 nitrogen and oxygen atoms in total. The van der Waals surface area contributed by atoms with Crippen molar-refractivity contribution < 1.29 is 14.3 Å². The van der Waals surface area contributed by atoms with E-state index < -0.39 is 0 Å². The first-order valence-electron chi connectivity index (χ1n) is 9.44. The van der Waals surface area contributed by atoms with Crippen LogP contribution in [0.2, 0.25) is 0 Å². The third kappa shape index (κ3) is 3.69. The molecule has 5 heteroatoms. The largest absolute Gasteiger partial charge is 0.490 e. The second kappa shape index (κ2) is 8.13. The molecule has 0 spiro atoms. The van der Waals surface area contributed by atoms with Crippen LogP contribution in [0, 0.1) is 0 Å². The maximum atomic E-state index is 13.1. The molecule has 4 rings (SSSR count). The summed E-state index contributed by atoms with van der Waals surface area (Å²) in [6.45, 7) is 3.49. The molecule has 2 heterocycles. The average molecular weight is 374 g/mol. The fourth-order valence-corrected chi connectivity index (χ4v) is 3.38. The predicted molar refractivity (Wildman–Crippen MR) is 108 cm³/mol. The Morgan fingerprint density at radius 3 is 2.79 bits per heavy atom. The van der Waals surface area contributed by atoms with E-state index in [4.69, 9.17) is 9.47 Å². The first kappa shape index (κ1) is 18.0. The Balaban J connectivity index is 1.55. The summed E-state index contributed by atoms with van der Waals surface area (Å²) >= 11 is 0. The summed E-state index contributed by atoms with van der Waals surface area (Å²) in [5.41, 5.74) is 3.76. The van der Waals surface area contributed by atoms with E-state index in [1.807, 2.05) is 42.2 Å².